The summed E-state index contributed by atoms with van der Waals surface area (Å²) in [5.41, 5.74) is 1.91. The number of rotatable bonds is 5. The number of imidazole rings is 1. The number of halogens is 2. The fourth-order valence-corrected chi connectivity index (χ4v) is 2.54. The van der Waals surface area contributed by atoms with Crippen molar-refractivity contribution in [3.05, 3.63) is 29.0 Å². The minimum absolute atomic E-state index is 0.118. The molecule has 3 nitrogen and oxygen atoms in total. The molecule has 0 bridgehead atoms. The lowest BCUT2D eigenvalue weighted by Gasteiger charge is -2.16. The summed E-state index contributed by atoms with van der Waals surface area (Å²) in [5, 5.41) is 0.531. The lowest BCUT2D eigenvalue weighted by molar-refractivity contribution is 0.0642. The van der Waals surface area contributed by atoms with Gasteiger partial charge >= 0.3 is 0 Å². The van der Waals surface area contributed by atoms with Gasteiger partial charge in [0.15, 0.2) is 0 Å². The molecule has 0 aliphatic carbocycles. The van der Waals surface area contributed by atoms with E-state index in [1.807, 2.05) is 39.0 Å². The van der Waals surface area contributed by atoms with Crippen LogP contribution in [0.4, 0.5) is 0 Å². The molecule has 0 radical (unpaired) electrons. The third-order valence-electron chi connectivity index (χ3n) is 2.99. The third kappa shape index (κ3) is 3.22. The molecule has 0 saturated carbocycles. The zero-order chi connectivity index (χ0) is 14.0. The third-order valence-corrected chi connectivity index (χ3v) is 3.42. The average molecular weight is 301 g/mol. The van der Waals surface area contributed by atoms with Gasteiger partial charge in [0.05, 0.1) is 29.1 Å². The SMILES string of the molecule is CCOC(C)Cn1c(C(C)Cl)nc2cc(Cl)ccc21. The van der Waals surface area contributed by atoms with Crippen LogP contribution in [-0.2, 0) is 11.3 Å². The lowest BCUT2D eigenvalue weighted by Crippen LogP contribution is -2.18. The van der Waals surface area contributed by atoms with E-state index >= 15 is 0 Å². The molecular formula is C14H18Cl2N2O. The monoisotopic (exact) mass is 300 g/mol. The van der Waals surface area contributed by atoms with Crippen molar-refractivity contribution in [1.82, 2.24) is 9.55 Å². The maximum absolute atomic E-state index is 6.22. The van der Waals surface area contributed by atoms with Crippen molar-refractivity contribution in [3.8, 4) is 0 Å². The Morgan fingerprint density at radius 2 is 2.11 bits per heavy atom. The average Bonchev–Trinajstić information content (AvgIpc) is 2.67. The van der Waals surface area contributed by atoms with Crippen LogP contribution in [0, 0.1) is 0 Å². The molecule has 19 heavy (non-hydrogen) atoms. The van der Waals surface area contributed by atoms with E-state index in [4.69, 9.17) is 27.9 Å². The number of alkyl halides is 1. The molecule has 0 aliphatic heterocycles. The summed E-state index contributed by atoms with van der Waals surface area (Å²) in [4.78, 5) is 4.58. The largest absolute Gasteiger partial charge is 0.377 e. The van der Waals surface area contributed by atoms with E-state index < -0.39 is 0 Å². The summed E-state index contributed by atoms with van der Waals surface area (Å²) in [5.74, 6) is 0.852. The molecule has 0 spiro atoms. The second kappa shape index (κ2) is 6.12. The number of hydrogen-bond donors (Lipinski definition) is 0. The second-order valence-corrected chi connectivity index (χ2v) is 5.69. The Hall–Kier alpha value is -0.770. The smallest absolute Gasteiger partial charge is 0.127 e. The summed E-state index contributed by atoms with van der Waals surface area (Å²) < 4.78 is 7.72. The minimum atomic E-state index is -0.153. The maximum atomic E-state index is 6.22. The second-order valence-electron chi connectivity index (χ2n) is 4.60. The molecule has 5 heteroatoms. The Morgan fingerprint density at radius 1 is 1.37 bits per heavy atom. The zero-order valence-electron chi connectivity index (χ0n) is 11.4. The van der Waals surface area contributed by atoms with Crippen LogP contribution < -0.4 is 0 Å². The van der Waals surface area contributed by atoms with Crippen LogP contribution in [0.5, 0.6) is 0 Å². The molecular weight excluding hydrogens is 283 g/mol. The predicted molar refractivity (Wildman–Crippen MR) is 80.1 cm³/mol. The topological polar surface area (TPSA) is 27.1 Å². The molecule has 0 aliphatic rings. The standard InChI is InChI=1S/C14H18Cl2N2O/c1-4-19-9(2)8-18-13-6-5-11(16)7-12(13)17-14(18)10(3)15/h5-7,9-10H,4,8H2,1-3H3. The van der Waals surface area contributed by atoms with Gasteiger partial charge in [-0.25, -0.2) is 4.98 Å². The Labute approximate surface area is 123 Å². The van der Waals surface area contributed by atoms with Gasteiger partial charge < -0.3 is 9.30 Å². The predicted octanol–water partition coefficient (Wildman–Crippen LogP) is 4.41. The van der Waals surface area contributed by atoms with Crippen molar-refractivity contribution in [2.45, 2.75) is 38.8 Å². The first kappa shape index (κ1) is 14.6. The molecule has 1 aromatic heterocycles. The highest BCUT2D eigenvalue weighted by atomic mass is 35.5. The normalized spacial score (nSPS) is 14.8. The van der Waals surface area contributed by atoms with E-state index in [0.29, 0.717) is 11.6 Å². The highest BCUT2D eigenvalue weighted by Crippen LogP contribution is 2.27. The lowest BCUT2D eigenvalue weighted by atomic mass is 10.3. The van der Waals surface area contributed by atoms with E-state index in [-0.39, 0.29) is 11.5 Å². The van der Waals surface area contributed by atoms with Crippen molar-refractivity contribution < 1.29 is 4.74 Å². The first-order valence-electron chi connectivity index (χ1n) is 6.44. The molecule has 104 valence electrons. The van der Waals surface area contributed by atoms with Crippen molar-refractivity contribution in [3.63, 3.8) is 0 Å². The molecule has 0 amide bonds. The van der Waals surface area contributed by atoms with Gasteiger partial charge in [0, 0.05) is 11.6 Å². The van der Waals surface area contributed by atoms with Gasteiger partial charge in [-0.2, -0.15) is 0 Å². The minimum Gasteiger partial charge on any atom is -0.377 e. The van der Waals surface area contributed by atoms with Crippen LogP contribution in [-0.4, -0.2) is 22.3 Å². The van der Waals surface area contributed by atoms with Crippen LogP contribution in [0.3, 0.4) is 0 Å². The molecule has 2 aromatic rings. The van der Waals surface area contributed by atoms with E-state index in [2.05, 4.69) is 9.55 Å². The first-order valence-corrected chi connectivity index (χ1v) is 7.25. The quantitative estimate of drug-likeness (QED) is 0.765. The summed E-state index contributed by atoms with van der Waals surface area (Å²) >= 11 is 12.2. The van der Waals surface area contributed by atoms with Gasteiger partial charge in [-0.3, -0.25) is 0 Å². The van der Waals surface area contributed by atoms with Crippen LogP contribution in [0.1, 0.15) is 32.0 Å². The molecule has 0 N–H and O–H groups in total. The van der Waals surface area contributed by atoms with E-state index in [9.17, 15) is 0 Å². The highest BCUT2D eigenvalue weighted by molar-refractivity contribution is 6.31. The van der Waals surface area contributed by atoms with Crippen molar-refractivity contribution >= 4 is 34.2 Å². The van der Waals surface area contributed by atoms with Gasteiger partial charge in [0.1, 0.15) is 5.82 Å². The Balaban J connectivity index is 2.46. The molecule has 2 rings (SSSR count). The maximum Gasteiger partial charge on any atom is 0.127 e. The fourth-order valence-electron chi connectivity index (χ4n) is 2.21. The summed E-state index contributed by atoms with van der Waals surface area (Å²) in [6.45, 7) is 7.40. The Bertz CT molecular complexity index is 566. The molecule has 1 aromatic carbocycles. The molecule has 1 heterocycles. The summed E-state index contributed by atoms with van der Waals surface area (Å²) in [6, 6.07) is 5.71. The van der Waals surface area contributed by atoms with Crippen LogP contribution in [0.2, 0.25) is 5.02 Å². The molecule has 0 fully saturated rings. The van der Waals surface area contributed by atoms with E-state index in [0.717, 1.165) is 23.4 Å². The van der Waals surface area contributed by atoms with Gasteiger partial charge in [-0.15, -0.1) is 11.6 Å². The number of nitrogens with zero attached hydrogens (tertiary/aromatic N) is 2. The van der Waals surface area contributed by atoms with E-state index in [1.165, 1.54) is 0 Å². The summed E-state index contributed by atoms with van der Waals surface area (Å²) in [7, 11) is 0. The number of aromatic nitrogens is 2. The molecule has 0 saturated heterocycles. The van der Waals surface area contributed by atoms with Crippen molar-refractivity contribution in [1.29, 1.82) is 0 Å². The van der Waals surface area contributed by atoms with Crippen LogP contribution in [0.15, 0.2) is 18.2 Å². The number of benzene rings is 1. The van der Waals surface area contributed by atoms with Gasteiger partial charge in [0.25, 0.3) is 0 Å². The fraction of sp³-hybridized carbons (Fsp3) is 0.500. The molecule has 2 atom stereocenters. The number of fused-ring (bicyclic) bond motifs is 1. The van der Waals surface area contributed by atoms with Crippen LogP contribution >= 0.6 is 23.2 Å². The van der Waals surface area contributed by atoms with Crippen molar-refractivity contribution in [2.24, 2.45) is 0 Å². The molecule has 2 unspecified atom stereocenters. The van der Waals surface area contributed by atoms with Crippen LogP contribution in [0.25, 0.3) is 11.0 Å². The van der Waals surface area contributed by atoms with Crippen molar-refractivity contribution in [2.75, 3.05) is 6.61 Å². The number of hydrogen-bond acceptors (Lipinski definition) is 2. The Kier molecular flexibility index (Phi) is 4.71. The van der Waals surface area contributed by atoms with E-state index in [1.54, 1.807) is 0 Å². The van der Waals surface area contributed by atoms with Gasteiger partial charge in [0.2, 0.25) is 0 Å². The summed E-state index contributed by atoms with van der Waals surface area (Å²) in [6.07, 6.45) is 0.118. The highest BCUT2D eigenvalue weighted by Gasteiger charge is 2.17. The first-order chi connectivity index (χ1) is 9.02. The zero-order valence-corrected chi connectivity index (χ0v) is 12.9. The van der Waals surface area contributed by atoms with Gasteiger partial charge in [-0.1, -0.05) is 11.6 Å². The van der Waals surface area contributed by atoms with Gasteiger partial charge in [-0.05, 0) is 39.0 Å². The Morgan fingerprint density at radius 3 is 2.74 bits per heavy atom. The number of ether oxygens (including phenoxy) is 1.